The molecule has 1 nitrogen and oxygen atoms in total. The zero-order valence-electron chi connectivity index (χ0n) is 10.4. The van der Waals surface area contributed by atoms with Gasteiger partial charge >= 0.3 is 6.18 Å². The number of rotatable bonds is 6. The molecule has 0 aromatic heterocycles. The summed E-state index contributed by atoms with van der Waals surface area (Å²) in [7, 11) is 0. The first-order chi connectivity index (χ1) is 8.83. The van der Waals surface area contributed by atoms with Gasteiger partial charge in [-0.25, -0.2) is 0 Å². The lowest BCUT2D eigenvalue weighted by Gasteiger charge is -2.31. The Balaban J connectivity index is 2.85. The minimum Gasteiger partial charge on any atom is -0.371 e. The summed E-state index contributed by atoms with van der Waals surface area (Å²) in [5, 5.41) is 1.04. The first kappa shape index (κ1) is 17.0. The first-order valence-corrected chi connectivity index (χ1v) is 7.91. The van der Waals surface area contributed by atoms with Crippen LogP contribution in [-0.4, -0.2) is 30.1 Å². The van der Waals surface area contributed by atoms with Crippen molar-refractivity contribution in [3.05, 3.63) is 35.4 Å². The molecule has 0 bridgehead atoms. The largest absolute Gasteiger partial charge is 0.411 e. The third-order valence-corrected chi connectivity index (χ3v) is 4.93. The molecular weight excluding hydrogens is 389 g/mol. The van der Waals surface area contributed by atoms with Gasteiger partial charge in [-0.05, 0) is 12.5 Å². The lowest BCUT2D eigenvalue weighted by Crippen LogP contribution is -2.37. The zero-order chi connectivity index (χ0) is 14.5. The monoisotopic (exact) mass is 402 g/mol. The van der Waals surface area contributed by atoms with Gasteiger partial charge in [0.25, 0.3) is 0 Å². The second-order valence-corrected chi connectivity index (χ2v) is 5.65. The van der Waals surface area contributed by atoms with Crippen molar-refractivity contribution in [3.8, 4) is 0 Å². The molecule has 1 aromatic rings. The van der Waals surface area contributed by atoms with E-state index in [0.717, 1.165) is 11.1 Å². The molecule has 0 heterocycles. The van der Waals surface area contributed by atoms with Crippen molar-refractivity contribution < 1.29 is 17.9 Å². The smallest absolute Gasteiger partial charge is 0.371 e. The van der Waals surface area contributed by atoms with Gasteiger partial charge in [0, 0.05) is 16.1 Å². The molecule has 0 aliphatic heterocycles. The van der Waals surface area contributed by atoms with E-state index >= 15 is 0 Å². The van der Waals surface area contributed by atoms with E-state index in [1.165, 1.54) is 0 Å². The zero-order valence-corrected chi connectivity index (χ0v) is 13.6. The van der Waals surface area contributed by atoms with Crippen LogP contribution in [0.25, 0.3) is 0 Å². The Kier molecular flexibility index (Phi) is 6.33. The van der Waals surface area contributed by atoms with Gasteiger partial charge in [-0.2, -0.15) is 13.2 Å². The molecule has 0 N–H and O–H groups in total. The van der Waals surface area contributed by atoms with Gasteiger partial charge in [-0.1, -0.05) is 61.7 Å². The van der Waals surface area contributed by atoms with Gasteiger partial charge in [0.1, 0.15) is 6.61 Å². The summed E-state index contributed by atoms with van der Waals surface area (Å²) in [5.74, 6) is 0. The molecular formula is C13H15Br2F3O. The first-order valence-electron chi connectivity index (χ1n) is 5.66. The number of hydrogen-bond donors (Lipinski definition) is 0. The minimum absolute atomic E-state index is 0.00641. The molecule has 0 aliphatic rings. The highest BCUT2D eigenvalue weighted by Gasteiger charge is 2.34. The summed E-state index contributed by atoms with van der Waals surface area (Å²) in [4.78, 5) is 0. The van der Waals surface area contributed by atoms with Crippen LogP contribution in [0.1, 0.15) is 11.1 Å². The van der Waals surface area contributed by atoms with Crippen molar-refractivity contribution in [2.45, 2.75) is 18.5 Å². The third kappa shape index (κ3) is 5.08. The number of aryl methyl sites for hydroxylation is 1. The topological polar surface area (TPSA) is 9.23 Å². The molecule has 19 heavy (non-hydrogen) atoms. The van der Waals surface area contributed by atoms with Gasteiger partial charge in [-0.15, -0.1) is 0 Å². The molecule has 0 fully saturated rings. The van der Waals surface area contributed by atoms with Crippen LogP contribution in [0.2, 0.25) is 0 Å². The fourth-order valence-corrected chi connectivity index (χ4v) is 3.59. The van der Waals surface area contributed by atoms with Crippen molar-refractivity contribution in [1.29, 1.82) is 0 Å². The summed E-state index contributed by atoms with van der Waals surface area (Å²) in [6, 6.07) is 7.73. The van der Waals surface area contributed by atoms with Crippen LogP contribution < -0.4 is 0 Å². The van der Waals surface area contributed by atoms with Crippen molar-refractivity contribution in [3.63, 3.8) is 0 Å². The molecule has 0 amide bonds. The van der Waals surface area contributed by atoms with Crippen LogP contribution in [0, 0.1) is 6.92 Å². The normalized spacial score (nSPS) is 12.7. The average Bonchev–Trinajstić information content (AvgIpc) is 2.34. The van der Waals surface area contributed by atoms with E-state index < -0.39 is 18.2 Å². The predicted octanol–water partition coefficient (Wildman–Crippen LogP) is 4.60. The van der Waals surface area contributed by atoms with Gasteiger partial charge in [0.2, 0.25) is 0 Å². The van der Waals surface area contributed by atoms with E-state index in [-0.39, 0.29) is 6.61 Å². The molecule has 0 atom stereocenters. The molecule has 0 saturated heterocycles. The quantitative estimate of drug-likeness (QED) is 0.630. The van der Waals surface area contributed by atoms with Crippen molar-refractivity contribution in [2.24, 2.45) is 0 Å². The summed E-state index contributed by atoms with van der Waals surface area (Å²) in [6.45, 7) is 0.736. The lowest BCUT2D eigenvalue weighted by molar-refractivity contribution is -0.176. The van der Waals surface area contributed by atoms with Gasteiger partial charge in [0.15, 0.2) is 0 Å². The fourth-order valence-electron chi connectivity index (χ4n) is 1.69. The molecule has 0 aliphatic carbocycles. The van der Waals surface area contributed by atoms with Crippen LogP contribution in [0.5, 0.6) is 0 Å². The highest BCUT2D eigenvalue weighted by atomic mass is 79.9. The molecule has 0 spiro atoms. The third-order valence-electron chi connectivity index (χ3n) is 2.79. The standard InChI is InChI=1S/C13H15Br2F3O/c1-10-3-2-4-11(5-10)12(6-14,7-15)8-19-9-13(16,17)18/h2-5H,6-9H2,1H3. The molecule has 108 valence electrons. The van der Waals surface area contributed by atoms with Gasteiger partial charge in [0.05, 0.1) is 6.61 Å². The Bertz CT molecular complexity index is 403. The Morgan fingerprint density at radius 3 is 2.21 bits per heavy atom. The van der Waals surface area contributed by atoms with Crippen LogP contribution in [0.15, 0.2) is 24.3 Å². The Morgan fingerprint density at radius 2 is 1.74 bits per heavy atom. The Labute approximate surface area is 127 Å². The van der Waals surface area contributed by atoms with E-state index in [0.29, 0.717) is 10.7 Å². The highest BCUT2D eigenvalue weighted by Crippen LogP contribution is 2.30. The fraction of sp³-hybridized carbons (Fsp3) is 0.538. The highest BCUT2D eigenvalue weighted by molar-refractivity contribution is 9.09. The maximum Gasteiger partial charge on any atom is 0.411 e. The molecule has 1 aromatic carbocycles. The number of halogens is 5. The van der Waals surface area contributed by atoms with Crippen molar-refractivity contribution >= 4 is 31.9 Å². The summed E-state index contributed by atoms with van der Waals surface area (Å²) in [6.07, 6.45) is -4.29. The molecule has 0 radical (unpaired) electrons. The van der Waals surface area contributed by atoms with Gasteiger partial charge < -0.3 is 4.74 Å². The maximum absolute atomic E-state index is 12.2. The predicted molar refractivity (Wildman–Crippen MR) is 77.3 cm³/mol. The minimum atomic E-state index is -4.29. The van der Waals surface area contributed by atoms with Crippen LogP contribution in [0.3, 0.4) is 0 Å². The Hall–Kier alpha value is -0.0700. The molecule has 6 heteroatoms. The van der Waals surface area contributed by atoms with E-state index in [1.54, 1.807) is 0 Å². The lowest BCUT2D eigenvalue weighted by atomic mass is 9.84. The van der Waals surface area contributed by atoms with Crippen molar-refractivity contribution in [1.82, 2.24) is 0 Å². The van der Waals surface area contributed by atoms with Gasteiger partial charge in [-0.3, -0.25) is 0 Å². The van der Waals surface area contributed by atoms with E-state index in [1.807, 2.05) is 31.2 Å². The van der Waals surface area contributed by atoms with E-state index in [4.69, 9.17) is 4.74 Å². The van der Waals surface area contributed by atoms with E-state index in [9.17, 15) is 13.2 Å². The molecule has 0 saturated carbocycles. The number of ether oxygens (including phenoxy) is 1. The number of benzene rings is 1. The van der Waals surface area contributed by atoms with Crippen LogP contribution in [0.4, 0.5) is 13.2 Å². The number of alkyl halides is 5. The number of hydrogen-bond acceptors (Lipinski definition) is 1. The van der Waals surface area contributed by atoms with E-state index in [2.05, 4.69) is 31.9 Å². The molecule has 0 unspecified atom stereocenters. The summed E-state index contributed by atoms with van der Waals surface area (Å²) < 4.78 is 41.3. The second-order valence-electron chi connectivity index (χ2n) is 4.53. The summed E-state index contributed by atoms with van der Waals surface area (Å²) in [5.41, 5.74) is 1.53. The van der Waals surface area contributed by atoms with Crippen LogP contribution in [-0.2, 0) is 10.2 Å². The van der Waals surface area contributed by atoms with Crippen molar-refractivity contribution in [2.75, 3.05) is 23.9 Å². The Morgan fingerprint density at radius 1 is 1.11 bits per heavy atom. The SMILES string of the molecule is Cc1cccc(C(CBr)(CBr)COCC(F)(F)F)c1. The van der Waals surface area contributed by atoms with Crippen LogP contribution >= 0.6 is 31.9 Å². The molecule has 1 rings (SSSR count). The average molecular weight is 404 g/mol. The maximum atomic E-state index is 12.2. The second kappa shape index (κ2) is 7.09. The summed E-state index contributed by atoms with van der Waals surface area (Å²) >= 11 is 6.77.